The third-order valence-corrected chi connectivity index (χ3v) is 3.84. The van der Waals surface area contributed by atoms with Crippen molar-refractivity contribution in [3.8, 4) is 0 Å². The minimum absolute atomic E-state index is 0.0387. The van der Waals surface area contributed by atoms with Crippen LogP contribution >= 0.6 is 0 Å². The highest BCUT2D eigenvalue weighted by atomic mass is 16.2. The van der Waals surface area contributed by atoms with E-state index in [0.29, 0.717) is 6.42 Å². The molecule has 1 amide bonds. The number of carbonyl (C=O) groups excluding carboxylic acids is 1. The molecule has 1 saturated heterocycles. The molecule has 1 aliphatic heterocycles. The number of hydrogen-bond acceptors (Lipinski definition) is 2. The summed E-state index contributed by atoms with van der Waals surface area (Å²) < 4.78 is 0. The maximum atomic E-state index is 12.0. The van der Waals surface area contributed by atoms with Crippen molar-refractivity contribution in [3.63, 3.8) is 0 Å². The van der Waals surface area contributed by atoms with E-state index in [1.807, 2.05) is 11.8 Å². The number of likely N-dealkylation sites (tertiary alicyclic amines) is 1. The Kier molecular flexibility index (Phi) is 3.71. The molecule has 0 bridgehead atoms. The lowest BCUT2D eigenvalue weighted by Gasteiger charge is -2.40. The van der Waals surface area contributed by atoms with E-state index in [1.54, 1.807) is 0 Å². The molecule has 3 heteroatoms. The van der Waals surface area contributed by atoms with Crippen molar-refractivity contribution in [2.75, 3.05) is 6.54 Å². The van der Waals surface area contributed by atoms with E-state index in [2.05, 4.69) is 32.0 Å². The van der Waals surface area contributed by atoms with E-state index < -0.39 is 0 Å². The lowest BCUT2D eigenvalue weighted by atomic mass is 9.88. The molecule has 0 radical (unpaired) electrons. The van der Waals surface area contributed by atoms with Gasteiger partial charge in [-0.1, -0.05) is 23.8 Å². The number of nitrogens with two attached hydrogens (primary N) is 1. The number of nitrogens with zero attached hydrogens (tertiary/aromatic N) is 1. The van der Waals surface area contributed by atoms with Crippen LogP contribution in [0.5, 0.6) is 0 Å². The van der Waals surface area contributed by atoms with Gasteiger partial charge in [0, 0.05) is 19.0 Å². The van der Waals surface area contributed by atoms with Crippen LogP contribution in [0, 0.1) is 13.8 Å². The number of likely N-dealkylation sites (N-methyl/N-ethyl adjacent to an activating group) is 1. The summed E-state index contributed by atoms with van der Waals surface area (Å²) in [5.74, 6) is 0.226. The van der Waals surface area contributed by atoms with Gasteiger partial charge >= 0.3 is 0 Å². The van der Waals surface area contributed by atoms with Crippen LogP contribution in [0.1, 0.15) is 42.5 Å². The van der Waals surface area contributed by atoms with Crippen LogP contribution < -0.4 is 5.73 Å². The van der Waals surface area contributed by atoms with Crippen molar-refractivity contribution in [1.82, 2.24) is 4.90 Å². The van der Waals surface area contributed by atoms with Crippen LogP contribution in [0.3, 0.4) is 0 Å². The average molecular weight is 246 g/mol. The Balaban J connectivity index is 2.41. The minimum atomic E-state index is 0.0387. The Morgan fingerprint density at radius 2 is 2.11 bits per heavy atom. The zero-order valence-corrected chi connectivity index (χ0v) is 11.4. The second kappa shape index (κ2) is 5.11. The first-order valence-corrected chi connectivity index (χ1v) is 6.66. The molecule has 3 nitrogen and oxygen atoms in total. The summed E-state index contributed by atoms with van der Waals surface area (Å²) in [5.41, 5.74) is 9.92. The molecule has 1 fully saturated rings. The van der Waals surface area contributed by atoms with E-state index in [4.69, 9.17) is 5.73 Å². The van der Waals surface area contributed by atoms with Gasteiger partial charge in [0.1, 0.15) is 0 Å². The summed E-state index contributed by atoms with van der Waals surface area (Å²) in [4.78, 5) is 13.9. The van der Waals surface area contributed by atoms with Gasteiger partial charge in [-0.15, -0.1) is 0 Å². The van der Waals surface area contributed by atoms with Gasteiger partial charge in [-0.2, -0.15) is 0 Å². The molecule has 1 aliphatic rings. The maximum absolute atomic E-state index is 12.0. The Labute approximate surface area is 109 Å². The third-order valence-electron chi connectivity index (χ3n) is 3.84. The van der Waals surface area contributed by atoms with Crippen LogP contribution in [-0.2, 0) is 4.79 Å². The van der Waals surface area contributed by atoms with Crippen LogP contribution in [0.4, 0.5) is 0 Å². The average Bonchev–Trinajstić information content (AvgIpc) is 2.33. The van der Waals surface area contributed by atoms with Crippen molar-refractivity contribution in [1.29, 1.82) is 0 Å². The molecular formula is C15H22N2O. The SMILES string of the molecule is CCN1C(=O)CCC(N)C1c1ccc(C)cc1C. The largest absolute Gasteiger partial charge is 0.334 e. The Bertz CT molecular complexity index is 456. The zero-order valence-electron chi connectivity index (χ0n) is 11.4. The van der Waals surface area contributed by atoms with Gasteiger partial charge in [0.25, 0.3) is 0 Å². The van der Waals surface area contributed by atoms with Crippen molar-refractivity contribution >= 4 is 5.91 Å². The summed E-state index contributed by atoms with van der Waals surface area (Å²) in [5, 5.41) is 0. The maximum Gasteiger partial charge on any atom is 0.223 e. The first-order valence-electron chi connectivity index (χ1n) is 6.66. The highest BCUT2D eigenvalue weighted by Gasteiger charge is 2.34. The predicted molar refractivity (Wildman–Crippen MR) is 73.3 cm³/mol. The summed E-state index contributed by atoms with van der Waals surface area (Å²) in [6.45, 7) is 6.93. The standard InChI is InChI=1S/C15H22N2O/c1-4-17-14(18)8-7-13(16)15(17)12-6-5-10(2)9-11(12)3/h5-6,9,13,15H,4,7-8,16H2,1-3H3. The zero-order chi connectivity index (χ0) is 13.3. The molecule has 0 aliphatic carbocycles. The topological polar surface area (TPSA) is 46.3 Å². The molecule has 1 aromatic rings. The van der Waals surface area contributed by atoms with Crippen molar-refractivity contribution < 1.29 is 4.79 Å². The number of amides is 1. The smallest absolute Gasteiger partial charge is 0.223 e. The Morgan fingerprint density at radius 1 is 1.39 bits per heavy atom. The monoisotopic (exact) mass is 246 g/mol. The molecule has 18 heavy (non-hydrogen) atoms. The third kappa shape index (κ3) is 2.27. The molecule has 0 aromatic heterocycles. The molecule has 2 N–H and O–H groups in total. The van der Waals surface area contributed by atoms with Gasteiger partial charge in [0.15, 0.2) is 0 Å². The summed E-state index contributed by atoms with van der Waals surface area (Å²) in [6, 6.07) is 6.47. The van der Waals surface area contributed by atoms with E-state index in [0.717, 1.165) is 13.0 Å². The van der Waals surface area contributed by atoms with E-state index >= 15 is 0 Å². The molecule has 2 atom stereocenters. The lowest BCUT2D eigenvalue weighted by Crippen LogP contribution is -2.48. The minimum Gasteiger partial charge on any atom is -0.334 e. The van der Waals surface area contributed by atoms with Gasteiger partial charge in [-0.25, -0.2) is 0 Å². The van der Waals surface area contributed by atoms with Gasteiger partial charge < -0.3 is 10.6 Å². The van der Waals surface area contributed by atoms with Gasteiger partial charge in [-0.05, 0) is 38.3 Å². The molecular weight excluding hydrogens is 224 g/mol. The number of piperidine rings is 1. The van der Waals surface area contributed by atoms with Crippen molar-refractivity contribution in [2.45, 2.75) is 45.7 Å². The Morgan fingerprint density at radius 3 is 2.72 bits per heavy atom. The van der Waals surface area contributed by atoms with Crippen LogP contribution in [0.2, 0.25) is 0 Å². The Hall–Kier alpha value is -1.35. The molecule has 1 heterocycles. The van der Waals surface area contributed by atoms with Gasteiger partial charge in [0.2, 0.25) is 5.91 Å². The fraction of sp³-hybridized carbons (Fsp3) is 0.533. The highest BCUT2D eigenvalue weighted by molar-refractivity contribution is 5.78. The first-order chi connectivity index (χ1) is 8.54. The quantitative estimate of drug-likeness (QED) is 0.870. The number of benzene rings is 1. The second-order valence-electron chi connectivity index (χ2n) is 5.19. The molecule has 2 rings (SSSR count). The number of hydrogen-bond donors (Lipinski definition) is 1. The van der Waals surface area contributed by atoms with Gasteiger partial charge in [-0.3, -0.25) is 4.79 Å². The molecule has 0 spiro atoms. The molecule has 0 saturated carbocycles. The van der Waals surface area contributed by atoms with Gasteiger partial charge in [0.05, 0.1) is 6.04 Å². The first kappa shape index (κ1) is 13.1. The van der Waals surface area contributed by atoms with Crippen LogP contribution in [-0.4, -0.2) is 23.4 Å². The number of aryl methyl sites for hydroxylation is 2. The van der Waals surface area contributed by atoms with E-state index in [1.165, 1.54) is 16.7 Å². The fourth-order valence-corrected chi connectivity index (χ4v) is 2.91. The molecule has 98 valence electrons. The van der Waals surface area contributed by atoms with E-state index in [-0.39, 0.29) is 18.0 Å². The number of rotatable bonds is 2. The molecule has 1 aromatic carbocycles. The van der Waals surface area contributed by atoms with Crippen molar-refractivity contribution in [3.05, 3.63) is 34.9 Å². The van der Waals surface area contributed by atoms with Crippen LogP contribution in [0.15, 0.2) is 18.2 Å². The number of carbonyl (C=O) groups is 1. The molecule has 2 unspecified atom stereocenters. The lowest BCUT2D eigenvalue weighted by molar-refractivity contribution is -0.137. The fourth-order valence-electron chi connectivity index (χ4n) is 2.91. The summed E-state index contributed by atoms with van der Waals surface area (Å²) in [7, 11) is 0. The van der Waals surface area contributed by atoms with Crippen molar-refractivity contribution in [2.24, 2.45) is 5.73 Å². The van der Waals surface area contributed by atoms with E-state index in [9.17, 15) is 4.79 Å². The summed E-state index contributed by atoms with van der Waals surface area (Å²) >= 11 is 0. The summed E-state index contributed by atoms with van der Waals surface area (Å²) in [6.07, 6.45) is 1.36. The van der Waals surface area contributed by atoms with Crippen LogP contribution in [0.25, 0.3) is 0 Å². The normalized spacial score (nSPS) is 24.4. The second-order valence-corrected chi connectivity index (χ2v) is 5.19. The predicted octanol–water partition coefficient (Wildman–Crippen LogP) is 2.31. The highest BCUT2D eigenvalue weighted by Crippen LogP contribution is 2.32.